The number of hydrazone groups is 1. The predicted molar refractivity (Wildman–Crippen MR) is 125 cm³/mol. The van der Waals surface area contributed by atoms with Crippen LogP contribution in [0.25, 0.3) is 16.9 Å². The highest BCUT2D eigenvalue weighted by atomic mass is 16.5. The largest absolute Gasteiger partial charge is 0.504 e. The molecule has 166 valence electrons. The Morgan fingerprint density at radius 1 is 1.03 bits per heavy atom. The molecule has 3 aromatic carbocycles. The third-order valence-electron chi connectivity index (χ3n) is 4.93. The van der Waals surface area contributed by atoms with Crippen molar-refractivity contribution in [1.82, 2.24) is 15.2 Å². The van der Waals surface area contributed by atoms with Crippen molar-refractivity contribution in [2.24, 2.45) is 5.10 Å². The number of carbonyl (C=O) groups excluding carboxylic acids is 1. The highest BCUT2D eigenvalue weighted by molar-refractivity contribution is 6.00. The fourth-order valence-electron chi connectivity index (χ4n) is 3.22. The summed E-state index contributed by atoms with van der Waals surface area (Å²) in [6.45, 7) is 0. The van der Waals surface area contributed by atoms with E-state index in [9.17, 15) is 9.90 Å². The summed E-state index contributed by atoms with van der Waals surface area (Å²) >= 11 is 0. The molecule has 0 saturated heterocycles. The maximum absolute atomic E-state index is 13.0. The van der Waals surface area contributed by atoms with Crippen LogP contribution in [0, 0.1) is 0 Å². The normalized spacial score (nSPS) is 10.8. The number of methoxy groups -OCH3 is 2. The summed E-state index contributed by atoms with van der Waals surface area (Å²) in [5, 5.41) is 18.4. The molecule has 0 aliphatic heterocycles. The topological polar surface area (TPSA) is 98.0 Å². The molecule has 33 heavy (non-hydrogen) atoms. The van der Waals surface area contributed by atoms with Gasteiger partial charge in [-0.1, -0.05) is 18.2 Å². The molecule has 0 radical (unpaired) electrons. The van der Waals surface area contributed by atoms with Crippen LogP contribution >= 0.6 is 0 Å². The SMILES string of the molecule is COc1ccc(-c2nn(-c3ccccc3)cc2C(=O)NN=Cc2ccc(O)c(OC)c2)cc1. The monoisotopic (exact) mass is 442 g/mol. The minimum atomic E-state index is -0.412. The number of nitrogens with zero attached hydrogens (tertiary/aromatic N) is 3. The van der Waals surface area contributed by atoms with Crippen molar-refractivity contribution in [2.75, 3.05) is 14.2 Å². The number of ether oxygens (including phenoxy) is 2. The summed E-state index contributed by atoms with van der Waals surface area (Å²) in [5.41, 5.74) is 5.67. The molecule has 2 N–H and O–H groups in total. The Bertz CT molecular complexity index is 1280. The van der Waals surface area contributed by atoms with Crippen molar-refractivity contribution < 1.29 is 19.4 Å². The Balaban J connectivity index is 1.63. The van der Waals surface area contributed by atoms with Crippen LogP contribution in [0.1, 0.15) is 15.9 Å². The summed E-state index contributed by atoms with van der Waals surface area (Å²) in [5.74, 6) is 0.638. The number of benzene rings is 3. The van der Waals surface area contributed by atoms with Crippen molar-refractivity contribution in [1.29, 1.82) is 0 Å². The second-order valence-corrected chi connectivity index (χ2v) is 7.03. The molecular formula is C25H22N4O4. The molecule has 8 heteroatoms. The van der Waals surface area contributed by atoms with E-state index in [1.54, 1.807) is 30.1 Å². The molecule has 0 atom stereocenters. The highest BCUT2D eigenvalue weighted by Gasteiger charge is 2.18. The van der Waals surface area contributed by atoms with Crippen molar-refractivity contribution in [3.63, 3.8) is 0 Å². The molecule has 0 bridgehead atoms. The molecular weight excluding hydrogens is 420 g/mol. The van der Waals surface area contributed by atoms with Gasteiger partial charge in [-0.25, -0.2) is 10.1 Å². The fourth-order valence-corrected chi connectivity index (χ4v) is 3.22. The lowest BCUT2D eigenvalue weighted by Gasteiger charge is -2.04. The average Bonchev–Trinajstić information content (AvgIpc) is 3.31. The quantitative estimate of drug-likeness (QED) is 0.333. The molecule has 4 rings (SSSR count). The Labute approximate surface area is 190 Å². The third kappa shape index (κ3) is 4.85. The zero-order valence-corrected chi connectivity index (χ0v) is 18.1. The van der Waals surface area contributed by atoms with E-state index < -0.39 is 5.91 Å². The van der Waals surface area contributed by atoms with Gasteiger partial charge in [0.05, 0.1) is 31.7 Å². The predicted octanol–water partition coefficient (Wildman–Crippen LogP) is 4.03. The van der Waals surface area contributed by atoms with Crippen LogP contribution < -0.4 is 14.9 Å². The van der Waals surface area contributed by atoms with Gasteiger partial charge in [-0.2, -0.15) is 10.2 Å². The lowest BCUT2D eigenvalue weighted by atomic mass is 10.1. The van der Waals surface area contributed by atoms with Crippen LogP contribution in [0.3, 0.4) is 0 Å². The zero-order valence-electron chi connectivity index (χ0n) is 18.1. The number of nitrogens with one attached hydrogen (secondary N) is 1. The maximum atomic E-state index is 13.0. The first kappa shape index (κ1) is 21.6. The molecule has 0 aliphatic carbocycles. The Kier molecular flexibility index (Phi) is 6.36. The van der Waals surface area contributed by atoms with Gasteiger partial charge in [-0.15, -0.1) is 0 Å². The summed E-state index contributed by atoms with van der Waals surface area (Å²) in [6.07, 6.45) is 3.14. The lowest BCUT2D eigenvalue weighted by Crippen LogP contribution is -2.18. The van der Waals surface area contributed by atoms with Crippen LogP contribution in [0.4, 0.5) is 0 Å². The fraction of sp³-hybridized carbons (Fsp3) is 0.0800. The van der Waals surface area contributed by atoms with Crippen molar-refractivity contribution >= 4 is 12.1 Å². The molecule has 0 saturated carbocycles. The van der Waals surface area contributed by atoms with Gasteiger partial charge in [0.25, 0.3) is 5.91 Å². The van der Waals surface area contributed by atoms with Crippen LogP contribution in [-0.2, 0) is 0 Å². The minimum absolute atomic E-state index is 0.0242. The molecule has 1 aromatic heterocycles. The first-order chi connectivity index (χ1) is 16.1. The molecule has 0 aliphatic rings. The van der Waals surface area contributed by atoms with Crippen molar-refractivity contribution in [3.05, 3.63) is 90.1 Å². The van der Waals surface area contributed by atoms with Gasteiger partial charge in [0.15, 0.2) is 11.5 Å². The van der Waals surface area contributed by atoms with Gasteiger partial charge in [0.1, 0.15) is 11.4 Å². The number of rotatable bonds is 7. The number of aromatic nitrogens is 2. The van der Waals surface area contributed by atoms with E-state index in [-0.39, 0.29) is 5.75 Å². The van der Waals surface area contributed by atoms with Crippen LogP contribution in [0.2, 0.25) is 0 Å². The number of hydrogen-bond acceptors (Lipinski definition) is 6. The van der Waals surface area contributed by atoms with Gasteiger partial charge in [-0.3, -0.25) is 4.79 Å². The van der Waals surface area contributed by atoms with E-state index in [1.165, 1.54) is 19.4 Å². The number of phenolic OH excluding ortho intramolecular Hbond substituents is 1. The number of amides is 1. The first-order valence-electron chi connectivity index (χ1n) is 10.1. The summed E-state index contributed by atoms with van der Waals surface area (Å²) < 4.78 is 12.0. The first-order valence-corrected chi connectivity index (χ1v) is 10.1. The van der Waals surface area contributed by atoms with Crippen molar-refractivity contribution in [3.8, 4) is 34.2 Å². The van der Waals surface area contributed by atoms with Gasteiger partial charge in [0.2, 0.25) is 0 Å². The minimum Gasteiger partial charge on any atom is -0.504 e. The summed E-state index contributed by atoms with van der Waals surface area (Å²) in [4.78, 5) is 13.0. The van der Waals surface area contributed by atoms with Crippen LogP contribution in [0.5, 0.6) is 17.2 Å². The number of aromatic hydroxyl groups is 1. The molecule has 1 amide bonds. The average molecular weight is 442 g/mol. The lowest BCUT2D eigenvalue weighted by molar-refractivity contribution is 0.0955. The van der Waals surface area contributed by atoms with Crippen LogP contribution in [-0.4, -0.2) is 41.2 Å². The van der Waals surface area contributed by atoms with Gasteiger partial charge in [0, 0.05) is 11.8 Å². The van der Waals surface area contributed by atoms with Crippen molar-refractivity contribution in [2.45, 2.75) is 0 Å². The molecule has 0 spiro atoms. The van der Waals surface area contributed by atoms with Gasteiger partial charge < -0.3 is 14.6 Å². The number of carbonyl (C=O) groups is 1. The van der Waals surface area contributed by atoms with E-state index in [2.05, 4.69) is 15.6 Å². The summed E-state index contributed by atoms with van der Waals surface area (Å²) in [6, 6.07) is 21.6. The third-order valence-corrected chi connectivity index (χ3v) is 4.93. The number of phenols is 1. The smallest absolute Gasteiger partial charge is 0.275 e. The van der Waals surface area contributed by atoms with E-state index in [4.69, 9.17) is 9.47 Å². The number of hydrogen-bond donors (Lipinski definition) is 2. The molecule has 4 aromatic rings. The maximum Gasteiger partial charge on any atom is 0.275 e. The second-order valence-electron chi connectivity index (χ2n) is 7.03. The van der Waals surface area contributed by atoms with E-state index >= 15 is 0 Å². The Hall–Kier alpha value is -4.59. The molecule has 0 fully saturated rings. The number of para-hydroxylation sites is 1. The Morgan fingerprint density at radius 2 is 1.79 bits per heavy atom. The van der Waals surface area contributed by atoms with E-state index in [1.807, 2.05) is 54.6 Å². The summed E-state index contributed by atoms with van der Waals surface area (Å²) in [7, 11) is 3.06. The van der Waals surface area contributed by atoms with E-state index in [0.29, 0.717) is 28.3 Å². The van der Waals surface area contributed by atoms with Gasteiger partial charge >= 0.3 is 0 Å². The zero-order chi connectivity index (χ0) is 23.2. The molecule has 0 unspecified atom stereocenters. The van der Waals surface area contributed by atoms with Crippen LogP contribution in [0.15, 0.2) is 84.1 Å². The second kappa shape index (κ2) is 9.69. The standard InChI is InChI=1S/C25H22N4O4/c1-32-20-11-9-18(10-12-20)24-21(16-29(28-24)19-6-4-3-5-7-19)25(31)27-26-15-17-8-13-22(30)23(14-17)33-2/h3-16,30H,1-2H3,(H,27,31). The van der Waals surface area contributed by atoms with E-state index in [0.717, 1.165) is 11.3 Å². The molecule has 1 heterocycles. The van der Waals surface area contributed by atoms with Gasteiger partial charge in [-0.05, 0) is 60.2 Å². The highest BCUT2D eigenvalue weighted by Crippen LogP contribution is 2.27. The Morgan fingerprint density at radius 3 is 2.48 bits per heavy atom. The molecule has 8 nitrogen and oxygen atoms in total.